The molecule has 0 bridgehead atoms. The van der Waals surface area contributed by atoms with E-state index in [9.17, 15) is 0 Å². The first-order chi connectivity index (χ1) is 24.8. The van der Waals surface area contributed by atoms with E-state index in [-0.39, 0.29) is 0 Å². The second-order valence-electron chi connectivity index (χ2n) is 13.2. The topological polar surface area (TPSA) is 18.1 Å². The third kappa shape index (κ3) is 3.79. The van der Waals surface area contributed by atoms with Crippen molar-refractivity contribution in [2.75, 3.05) is 0 Å². The Morgan fingerprint density at radius 2 is 0.820 bits per heavy atom. The Labute approximate surface area is 288 Å². The molecule has 2 aromatic heterocycles. The van der Waals surface area contributed by atoms with Crippen LogP contribution in [0.2, 0.25) is 0 Å². The molecule has 0 spiro atoms. The molecule has 0 radical (unpaired) electrons. The third-order valence-electron chi connectivity index (χ3n) is 10.6. The molecule has 2 heteroatoms. The fourth-order valence-electron chi connectivity index (χ4n) is 8.46. The molecule has 0 saturated heterocycles. The molecule has 11 rings (SSSR count). The fourth-order valence-corrected chi connectivity index (χ4v) is 8.46. The van der Waals surface area contributed by atoms with Gasteiger partial charge in [0.05, 0.1) is 11.0 Å². The van der Waals surface area contributed by atoms with Crippen LogP contribution in [-0.2, 0) is 0 Å². The predicted octanol–water partition coefficient (Wildman–Crippen LogP) is 13.5. The summed E-state index contributed by atoms with van der Waals surface area (Å²) >= 11 is 0. The fraction of sp³-hybridized carbons (Fsp3) is 0. The van der Waals surface area contributed by atoms with E-state index in [4.69, 9.17) is 4.42 Å². The van der Waals surface area contributed by atoms with Gasteiger partial charge in [-0.1, -0.05) is 140 Å². The van der Waals surface area contributed by atoms with Gasteiger partial charge in [0.2, 0.25) is 0 Å². The van der Waals surface area contributed by atoms with Crippen molar-refractivity contribution in [1.82, 2.24) is 4.57 Å². The number of rotatable bonds is 3. The zero-order chi connectivity index (χ0) is 32.8. The van der Waals surface area contributed by atoms with E-state index >= 15 is 0 Å². The van der Waals surface area contributed by atoms with Crippen molar-refractivity contribution in [3.8, 4) is 27.9 Å². The van der Waals surface area contributed by atoms with Gasteiger partial charge in [0.15, 0.2) is 0 Å². The van der Waals surface area contributed by atoms with Crippen LogP contribution in [-0.4, -0.2) is 4.57 Å². The first kappa shape index (κ1) is 27.3. The number of aromatic nitrogens is 1. The zero-order valence-electron chi connectivity index (χ0n) is 27.1. The summed E-state index contributed by atoms with van der Waals surface area (Å²) in [4.78, 5) is 0. The quantitative estimate of drug-likeness (QED) is 0.177. The van der Waals surface area contributed by atoms with E-state index in [0.717, 1.165) is 33.2 Å². The minimum Gasteiger partial charge on any atom is -0.455 e. The second kappa shape index (κ2) is 10.4. The van der Waals surface area contributed by atoms with Crippen molar-refractivity contribution < 1.29 is 4.42 Å². The monoisotopic (exact) mass is 635 g/mol. The molecule has 0 N–H and O–H groups in total. The standard InChI is InChI=1S/C48H29NO/c1-2-14-33-31(13-1)29-41-36-17-9-12-24-44(36)50-48(41)47(33)46-39-20-5-3-18-37(39)45(38-19-4-6-21-40(38)46)30-25-27-32(28-26-30)49-42-22-10-7-15-34(42)35-16-8-11-23-43(35)49/h1-29H. The zero-order valence-corrected chi connectivity index (χ0v) is 27.1. The number of nitrogens with zero attached hydrogens (tertiary/aromatic N) is 1. The van der Waals surface area contributed by atoms with Crippen molar-refractivity contribution in [2.45, 2.75) is 0 Å². The molecule has 50 heavy (non-hydrogen) atoms. The van der Waals surface area contributed by atoms with Crippen LogP contribution in [0.1, 0.15) is 0 Å². The van der Waals surface area contributed by atoms with Crippen molar-refractivity contribution >= 4 is 76.1 Å². The summed E-state index contributed by atoms with van der Waals surface area (Å²) in [6.45, 7) is 0. The highest BCUT2D eigenvalue weighted by Gasteiger charge is 2.23. The number of benzene rings is 9. The predicted molar refractivity (Wildman–Crippen MR) is 211 cm³/mol. The van der Waals surface area contributed by atoms with Crippen LogP contribution in [0.25, 0.3) is 104 Å². The van der Waals surface area contributed by atoms with E-state index in [1.165, 1.54) is 70.8 Å². The van der Waals surface area contributed by atoms with Crippen molar-refractivity contribution in [3.05, 3.63) is 176 Å². The molecule has 2 nitrogen and oxygen atoms in total. The lowest BCUT2D eigenvalue weighted by molar-refractivity contribution is 0.670. The normalized spacial score (nSPS) is 12.0. The van der Waals surface area contributed by atoms with Crippen LogP contribution >= 0.6 is 0 Å². The van der Waals surface area contributed by atoms with Gasteiger partial charge in [-0.15, -0.1) is 0 Å². The molecule has 9 aromatic carbocycles. The molecule has 0 aliphatic rings. The highest BCUT2D eigenvalue weighted by atomic mass is 16.3. The Bertz CT molecular complexity index is 3030. The molecule has 0 saturated carbocycles. The van der Waals surface area contributed by atoms with Crippen molar-refractivity contribution in [2.24, 2.45) is 0 Å². The van der Waals surface area contributed by atoms with Crippen molar-refractivity contribution in [1.29, 1.82) is 0 Å². The maximum Gasteiger partial charge on any atom is 0.143 e. The van der Waals surface area contributed by atoms with Crippen LogP contribution in [0.3, 0.4) is 0 Å². The number of furan rings is 1. The molecule has 0 aliphatic carbocycles. The third-order valence-corrected chi connectivity index (χ3v) is 10.6. The summed E-state index contributed by atoms with van der Waals surface area (Å²) in [5.41, 5.74) is 10.2. The SMILES string of the molecule is c1ccc2c(-c3c4ccccc4c(-c4ccc(-n5c6ccccc6c6ccccc65)cc4)c4ccccc34)c3oc4ccccc4c3cc2c1. The van der Waals surface area contributed by atoms with Gasteiger partial charge in [0, 0.05) is 38.4 Å². The summed E-state index contributed by atoms with van der Waals surface area (Å²) in [5.74, 6) is 0. The average molecular weight is 636 g/mol. The largest absolute Gasteiger partial charge is 0.455 e. The Balaban J connectivity index is 1.20. The van der Waals surface area contributed by atoms with Crippen LogP contribution in [0.5, 0.6) is 0 Å². The molecule has 0 atom stereocenters. The summed E-state index contributed by atoms with van der Waals surface area (Å²) in [6.07, 6.45) is 0. The molecule has 0 unspecified atom stereocenters. The van der Waals surface area contributed by atoms with E-state index in [2.05, 4.69) is 180 Å². The maximum atomic E-state index is 6.77. The Kier molecular flexibility index (Phi) is 5.70. The van der Waals surface area contributed by atoms with Crippen molar-refractivity contribution in [3.63, 3.8) is 0 Å². The van der Waals surface area contributed by atoms with E-state index in [1.54, 1.807) is 0 Å². The number of hydrogen-bond acceptors (Lipinski definition) is 1. The molecule has 2 heterocycles. The molecule has 232 valence electrons. The van der Waals surface area contributed by atoms with E-state index in [0.29, 0.717) is 0 Å². The van der Waals surface area contributed by atoms with Crippen LogP contribution in [0.4, 0.5) is 0 Å². The first-order valence-electron chi connectivity index (χ1n) is 17.2. The first-order valence-corrected chi connectivity index (χ1v) is 17.2. The minimum absolute atomic E-state index is 0.910. The smallest absolute Gasteiger partial charge is 0.143 e. The summed E-state index contributed by atoms with van der Waals surface area (Å²) in [7, 11) is 0. The second-order valence-corrected chi connectivity index (χ2v) is 13.2. The number of para-hydroxylation sites is 3. The van der Waals surface area contributed by atoms with Gasteiger partial charge >= 0.3 is 0 Å². The lowest BCUT2D eigenvalue weighted by Gasteiger charge is -2.19. The Morgan fingerprint density at radius 3 is 1.44 bits per heavy atom. The van der Waals surface area contributed by atoms with Crippen LogP contribution < -0.4 is 0 Å². The lowest BCUT2D eigenvalue weighted by atomic mass is 9.84. The molecule has 0 amide bonds. The molecule has 11 aromatic rings. The number of fused-ring (bicyclic) bond motifs is 9. The molecule has 0 fully saturated rings. The van der Waals surface area contributed by atoms with Gasteiger partial charge < -0.3 is 8.98 Å². The summed E-state index contributed by atoms with van der Waals surface area (Å²) in [5, 5.41) is 12.1. The average Bonchev–Trinajstić information content (AvgIpc) is 3.72. The highest BCUT2D eigenvalue weighted by molar-refractivity contribution is 6.28. The Hall–Kier alpha value is -6.64. The van der Waals surface area contributed by atoms with Gasteiger partial charge in [0.1, 0.15) is 11.2 Å². The van der Waals surface area contributed by atoms with Gasteiger partial charge in [0.25, 0.3) is 0 Å². The minimum atomic E-state index is 0.910. The lowest BCUT2D eigenvalue weighted by Crippen LogP contribution is -1.95. The van der Waals surface area contributed by atoms with Crippen LogP contribution in [0.15, 0.2) is 180 Å². The molecular formula is C48H29NO. The van der Waals surface area contributed by atoms with Gasteiger partial charge in [-0.05, 0) is 79.8 Å². The van der Waals surface area contributed by atoms with Gasteiger partial charge in [-0.2, -0.15) is 0 Å². The van der Waals surface area contributed by atoms with Crippen LogP contribution in [0, 0.1) is 0 Å². The summed E-state index contributed by atoms with van der Waals surface area (Å²) < 4.78 is 9.15. The Morgan fingerprint density at radius 1 is 0.340 bits per heavy atom. The summed E-state index contributed by atoms with van der Waals surface area (Å²) in [6, 6.07) is 63.7. The maximum absolute atomic E-state index is 6.77. The van der Waals surface area contributed by atoms with Gasteiger partial charge in [-0.3, -0.25) is 0 Å². The van der Waals surface area contributed by atoms with E-state index < -0.39 is 0 Å². The number of hydrogen-bond donors (Lipinski definition) is 0. The molecule has 0 aliphatic heterocycles. The molecular weight excluding hydrogens is 607 g/mol. The van der Waals surface area contributed by atoms with Gasteiger partial charge in [-0.25, -0.2) is 0 Å². The van der Waals surface area contributed by atoms with E-state index in [1.807, 2.05) is 0 Å². The highest BCUT2D eigenvalue weighted by Crippen LogP contribution is 2.49.